The van der Waals surface area contributed by atoms with E-state index >= 15 is 0 Å². The van der Waals surface area contributed by atoms with E-state index in [2.05, 4.69) is 20.1 Å². The minimum atomic E-state index is -2.85. The molecule has 3 aromatic rings. The Morgan fingerprint density at radius 1 is 1.26 bits per heavy atom. The molecule has 0 bridgehead atoms. The molecule has 0 unspecified atom stereocenters. The van der Waals surface area contributed by atoms with E-state index in [1.807, 2.05) is 18.2 Å². The first-order valence-corrected chi connectivity index (χ1v) is 13.3. The Labute approximate surface area is 208 Å². The third-order valence-electron chi connectivity index (χ3n) is 7.32. The van der Waals surface area contributed by atoms with Gasteiger partial charge in [0.05, 0.1) is 17.4 Å². The van der Waals surface area contributed by atoms with Crippen LogP contribution in [0.3, 0.4) is 0 Å². The summed E-state index contributed by atoms with van der Waals surface area (Å²) in [7, 11) is 0. The molecule has 0 atom stereocenters. The molecule has 188 valence electrons. The standard InChI is InChI=1S/C26H32F2N4O2S/c1-26(27,28)16-34-25-30-22-15-32(12-10-24(22)35-25)11-9-17-5-7-18(8-6-17)13-23(33)19-3-2-4-21-20(19)14-29-31-21/h2-4,14,17-18H,5-13,15-16H2,1H3,(H,29,31). The van der Waals surface area contributed by atoms with Gasteiger partial charge in [-0.3, -0.25) is 14.8 Å². The number of nitrogens with one attached hydrogen (secondary N) is 1. The van der Waals surface area contributed by atoms with Crippen LogP contribution >= 0.6 is 11.3 Å². The number of halogens is 2. The van der Waals surface area contributed by atoms with Crippen molar-refractivity contribution in [3.63, 3.8) is 0 Å². The zero-order valence-corrected chi connectivity index (χ0v) is 20.9. The fourth-order valence-electron chi connectivity index (χ4n) is 5.34. The van der Waals surface area contributed by atoms with E-state index in [1.54, 1.807) is 6.20 Å². The summed E-state index contributed by atoms with van der Waals surface area (Å²) in [5.74, 6) is -1.47. The zero-order valence-electron chi connectivity index (χ0n) is 20.1. The van der Waals surface area contributed by atoms with E-state index in [0.29, 0.717) is 23.5 Å². The maximum Gasteiger partial charge on any atom is 0.278 e. The Hall–Kier alpha value is -2.39. The molecule has 0 spiro atoms. The second kappa shape index (κ2) is 10.3. The SMILES string of the molecule is CC(F)(F)COc1nc2c(s1)CCN(CCC1CCC(CC(=O)c3cccc4[nH]ncc34)CC1)C2. The second-order valence-electron chi connectivity index (χ2n) is 10.2. The molecule has 1 N–H and O–H groups in total. The van der Waals surface area contributed by atoms with Gasteiger partial charge >= 0.3 is 0 Å². The van der Waals surface area contributed by atoms with E-state index in [4.69, 9.17) is 4.74 Å². The number of ketones is 1. The smallest absolute Gasteiger partial charge is 0.278 e. The third-order valence-corrected chi connectivity index (χ3v) is 8.39. The van der Waals surface area contributed by atoms with Crippen LogP contribution in [-0.4, -0.2) is 51.5 Å². The average molecular weight is 503 g/mol. The van der Waals surface area contributed by atoms with Crippen LogP contribution in [0.1, 0.15) is 66.4 Å². The van der Waals surface area contributed by atoms with Crippen LogP contribution in [0.5, 0.6) is 5.19 Å². The first-order valence-electron chi connectivity index (χ1n) is 12.5. The summed E-state index contributed by atoms with van der Waals surface area (Å²) < 4.78 is 31.3. The maximum atomic E-state index is 13.1. The molecule has 35 heavy (non-hydrogen) atoms. The van der Waals surface area contributed by atoms with Gasteiger partial charge in [-0.1, -0.05) is 36.3 Å². The van der Waals surface area contributed by atoms with Crippen LogP contribution in [0.2, 0.25) is 0 Å². The number of ether oxygens (including phenoxy) is 1. The van der Waals surface area contributed by atoms with Crippen LogP contribution in [0.25, 0.3) is 10.9 Å². The van der Waals surface area contributed by atoms with Gasteiger partial charge in [0, 0.05) is 42.3 Å². The van der Waals surface area contributed by atoms with Crippen LogP contribution in [0, 0.1) is 11.8 Å². The topological polar surface area (TPSA) is 71.1 Å². The highest BCUT2D eigenvalue weighted by molar-refractivity contribution is 7.13. The summed E-state index contributed by atoms with van der Waals surface area (Å²) in [5, 5.41) is 8.28. The number of alkyl halides is 2. The number of rotatable bonds is 9. The largest absolute Gasteiger partial charge is 0.464 e. The minimum Gasteiger partial charge on any atom is -0.464 e. The molecule has 1 aliphatic heterocycles. The van der Waals surface area contributed by atoms with Crippen molar-refractivity contribution in [1.82, 2.24) is 20.1 Å². The molecular weight excluding hydrogens is 470 g/mol. The highest BCUT2D eigenvalue weighted by Crippen LogP contribution is 2.35. The number of Topliss-reactive ketones (excluding diaryl/α,β-unsaturated/α-hetero) is 1. The summed E-state index contributed by atoms with van der Waals surface area (Å²) >= 11 is 1.40. The summed E-state index contributed by atoms with van der Waals surface area (Å²) in [6.07, 6.45) is 8.97. The van der Waals surface area contributed by atoms with Gasteiger partial charge in [-0.25, -0.2) is 13.8 Å². The molecule has 3 heterocycles. The number of carbonyl (C=O) groups is 1. The van der Waals surface area contributed by atoms with Crippen LogP contribution < -0.4 is 4.74 Å². The molecule has 2 aromatic heterocycles. The van der Waals surface area contributed by atoms with Crippen molar-refractivity contribution in [2.24, 2.45) is 11.8 Å². The lowest BCUT2D eigenvalue weighted by Crippen LogP contribution is -2.32. The van der Waals surface area contributed by atoms with E-state index in [1.165, 1.54) is 24.2 Å². The van der Waals surface area contributed by atoms with Gasteiger partial charge in [0.1, 0.15) is 0 Å². The number of hydrogen-bond donors (Lipinski definition) is 1. The van der Waals surface area contributed by atoms with Crippen molar-refractivity contribution in [1.29, 1.82) is 0 Å². The molecule has 1 saturated carbocycles. The van der Waals surface area contributed by atoms with Crippen molar-refractivity contribution >= 4 is 28.0 Å². The van der Waals surface area contributed by atoms with Crippen molar-refractivity contribution in [3.05, 3.63) is 40.5 Å². The molecule has 0 saturated heterocycles. The number of aromatic nitrogens is 3. The highest BCUT2D eigenvalue weighted by Gasteiger charge is 2.27. The molecule has 5 rings (SSSR count). The second-order valence-corrected chi connectivity index (χ2v) is 11.2. The van der Waals surface area contributed by atoms with Crippen molar-refractivity contribution < 1.29 is 18.3 Å². The normalized spacial score (nSPS) is 21.2. The Kier molecular flexibility index (Phi) is 7.16. The van der Waals surface area contributed by atoms with Gasteiger partial charge in [0.25, 0.3) is 11.1 Å². The number of aromatic amines is 1. The van der Waals surface area contributed by atoms with Crippen molar-refractivity contribution in [3.8, 4) is 5.19 Å². The predicted molar refractivity (Wildman–Crippen MR) is 132 cm³/mol. The summed E-state index contributed by atoms with van der Waals surface area (Å²) in [4.78, 5) is 21.0. The number of carbonyl (C=O) groups excluding carboxylic acids is 1. The number of H-pyrrole nitrogens is 1. The Morgan fingerprint density at radius 2 is 2.06 bits per heavy atom. The predicted octanol–water partition coefficient (Wildman–Crippen LogP) is 5.88. The molecule has 0 radical (unpaired) electrons. The van der Waals surface area contributed by atoms with Gasteiger partial charge < -0.3 is 4.74 Å². The molecular formula is C26H32F2N4O2S. The molecule has 6 nitrogen and oxygen atoms in total. The maximum absolute atomic E-state index is 13.1. The Balaban J connectivity index is 1.05. The van der Waals surface area contributed by atoms with E-state index in [-0.39, 0.29) is 5.78 Å². The van der Waals surface area contributed by atoms with Gasteiger partial charge in [0.15, 0.2) is 12.4 Å². The molecule has 1 aromatic carbocycles. The third kappa shape index (κ3) is 6.06. The number of nitrogens with zero attached hydrogens (tertiary/aromatic N) is 3. The minimum absolute atomic E-state index is 0.221. The molecule has 1 aliphatic carbocycles. The van der Waals surface area contributed by atoms with Gasteiger partial charge in [-0.2, -0.15) is 5.10 Å². The zero-order chi connectivity index (χ0) is 24.4. The van der Waals surface area contributed by atoms with Gasteiger partial charge in [-0.15, -0.1) is 0 Å². The van der Waals surface area contributed by atoms with E-state index < -0.39 is 12.5 Å². The van der Waals surface area contributed by atoms with Crippen LogP contribution in [0.4, 0.5) is 8.78 Å². The first kappa shape index (κ1) is 24.3. The summed E-state index contributed by atoms with van der Waals surface area (Å²) in [5.41, 5.74) is 2.67. The Bertz CT molecular complexity index is 1160. The number of fused-ring (bicyclic) bond motifs is 2. The van der Waals surface area contributed by atoms with Crippen molar-refractivity contribution in [2.45, 2.75) is 64.3 Å². The lowest BCUT2D eigenvalue weighted by atomic mass is 9.78. The molecule has 9 heteroatoms. The lowest BCUT2D eigenvalue weighted by molar-refractivity contribution is -0.0230. The monoisotopic (exact) mass is 502 g/mol. The quantitative estimate of drug-likeness (QED) is 0.370. The fraction of sp³-hybridized carbons (Fsp3) is 0.577. The average Bonchev–Trinajstić information content (AvgIpc) is 3.48. The lowest BCUT2D eigenvalue weighted by Gasteiger charge is -2.31. The summed E-state index contributed by atoms with van der Waals surface area (Å²) in [6.45, 7) is 2.99. The number of thiazole rings is 1. The van der Waals surface area contributed by atoms with Crippen LogP contribution in [0.15, 0.2) is 24.4 Å². The van der Waals surface area contributed by atoms with E-state index in [9.17, 15) is 13.6 Å². The van der Waals surface area contributed by atoms with Gasteiger partial charge in [-0.05, 0) is 50.1 Å². The Morgan fingerprint density at radius 3 is 2.86 bits per heavy atom. The number of hydrogen-bond acceptors (Lipinski definition) is 6. The van der Waals surface area contributed by atoms with Gasteiger partial charge in [0.2, 0.25) is 0 Å². The van der Waals surface area contributed by atoms with Crippen LogP contribution in [-0.2, 0) is 13.0 Å². The first-order chi connectivity index (χ1) is 16.8. The molecule has 0 amide bonds. The summed E-state index contributed by atoms with van der Waals surface area (Å²) in [6, 6.07) is 5.77. The number of benzene rings is 1. The molecule has 2 aliphatic rings. The van der Waals surface area contributed by atoms with E-state index in [0.717, 1.165) is 79.3 Å². The molecule has 1 fully saturated rings. The van der Waals surface area contributed by atoms with Crippen molar-refractivity contribution in [2.75, 3.05) is 19.7 Å². The highest BCUT2D eigenvalue weighted by atomic mass is 32.1. The fourth-order valence-corrected chi connectivity index (χ4v) is 6.25.